The Morgan fingerprint density at radius 3 is 0.778 bits per heavy atom. The van der Waals surface area contributed by atoms with Gasteiger partial charge >= 0.3 is 17.9 Å². The molecule has 0 saturated carbocycles. The fourth-order valence-corrected chi connectivity index (χ4v) is 14.6. The third-order valence-corrected chi connectivity index (χ3v) is 19.7. The molecule has 0 amide bonds. The summed E-state index contributed by atoms with van der Waals surface area (Å²) in [6, 6.07) is 105. The van der Waals surface area contributed by atoms with Crippen LogP contribution < -0.4 is 14.2 Å². The van der Waals surface area contributed by atoms with Gasteiger partial charge in [-0.3, -0.25) is 15.0 Å². The number of nitrogens with zero attached hydrogens (tertiary/aromatic N) is 3. The van der Waals surface area contributed by atoms with Crippen LogP contribution in [0.4, 0.5) is 0 Å². The number of para-hydroxylation sites is 3. The van der Waals surface area contributed by atoms with Gasteiger partial charge in [-0.25, -0.2) is 14.4 Å². The van der Waals surface area contributed by atoms with Crippen LogP contribution in [-0.2, 0) is 0 Å². The molecule has 12 heteroatoms. The Hall–Kier alpha value is -14.9. The maximum Gasteiger partial charge on any atom is 0.343 e. The second-order valence-corrected chi connectivity index (χ2v) is 26.3. The van der Waals surface area contributed by atoms with E-state index < -0.39 is 17.9 Å². The number of fused-ring (bicyclic) bond motifs is 9. The summed E-state index contributed by atoms with van der Waals surface area (Å²) in [5.41, 5.74) is 18.2. The molecule has 19 rings (SSSR count). The van der Waals surface area contributed by atoms with Crippen molar-refractivity contribution in [2.75, 3.05) is 0 Å². The van der Waals surface area contributed by atoms with Crippen molar-refractivity contribution in [3.63, 3.8) is 0 Å². The molecule has 0 spiro atoms. The monoisotopic (exact) mass is 1400 g/mol. The number of pyridine rings is 3. The number of rotatable bonds is 15. The molecular formula is C96H57N3O9. The molecule has 108 heavy (non-hydrogen) atoms. The summed E-state index contributed by atoms with van der Waals surface area (Å²) in [6.07, 6.45) is 4.54. The highest BCUT2D eigenvalue weighted by atomic mass is 16.5. The minimum absolute atomic E-state index is 0.116. The predicted octanol–water partition coefficient (Wildman–Crippen LogP) is 24.2. The largest absolute Gasteiger partial charge is 0.456 e. The van der Waals surface area contributed by atoms with Crippen molar-refractivity contribution in [1.29, 1.82) is 0 Å². The third kappa shape index (κ3) is 11.9. The molecule has 6 aromatic heterocycles. The van der Waals surface area contributed by atoms with Crippen molar-refractivity contribution in [1.82, 2.24) is 15.0 Å². The highest BCUT2D eigenvalue weighted by Gasteiger charge is 2.26. The number of ether oxygens (including phenoxy) is 3. The van der Waals surface area contributed by atoms with Gasteiger partial charge < -0.3 is 27.5 Å². The van der Waals surface area contributed by atoms with Gasteiger partial charge in [-0.2, -0.15) is 0 Å². The van der Waals surface area contributed by atoms with Crippen LogP contribution in [0, 0.1) is 0 Å². The van der Waals surface area contributed by atoms with Crippen LogP contribution in [0.25, 0.3) is 166 Å². The first-order valence-corrected chi connectivity index (χ1v) is 35.2. The lowest BCUT2D eigenvalue weighted by molar-refractivity contribution is 0.0734. The van der Waals surface area contributed by atoms with E-state index in [2.05, 4.69) is 72.8 Å². The van der Waals surface area contributed by atoms with Crippen molar-refractivity contribution in [3.05, 3.63) is 363 Å². The van der Waals surface area contributed by atoms with Crippen molar-refractivity contribution in [2.24, 2.45) is 0 Å². The van der Waals surface area contributed by atoms with E-state index in [1.807, 2.05) is 237 Å². The fourth-order valence-electron chi connectivity index (χ4n) is 14.6. The molecule has 12 nitrogen and oxygen atoms in total. The summed E-state index contributed by atoms with van der Waals surface area (Å²) in [6.45, 7) is 0. The molecule has 0 aliphatic rings. The standard InChI is InChI=1S/C96H57N3O9/c100-94(106-88-55-97-79(52-76(88)58-22-4-1-5-23-58)64-31-16-28-61(46-64)70-37-19-43-85-91(70)73-34-10-13-40-82(73)103-85)67-49-68(95(101)107-89-56-98-80(53-77(89)59-24-6-2-7-25-59)65-32-17-29-62(47-65)71-38-20-44-86-92(71)74-35-11-14-41-83(74)104-86)51-69(50-67)96(102)108-90-57-99-81(54-78(90)60-26-8-3-9-27-60)66-33-18-30-63(48-66)72-39-21-45-87-93(72)75-36-12-15-42-84(75)105-87/h1-57H. The predicted molar refractivity (Wildman–Crippen MR) is 425 cm³/mol. The van der Waals surface area contributed by atoms with Crippen molar-refractivity contribution in [3.8, 4) is 118 Å². The summed E-state index contributed by atoms with van der Waals surface area (Å²) < 4.78 is 38.1. The normalized spacial score (nSPS) is 11.4. The van der Waals surface area contributed by atoms with Crippen LogP contribution in [-0.4, -0.2) is 32.9 Å². The minimum Gasteiger partial charge on any atom is -0.456 e. The van der Waals surface area contributed by atoms with E-state index in [1.165, 1.54) is 36.8 Å². The minimum atomic E-state index is -0.904. The number of esters is 3. The van der Waals surface area contributed by atoms with E-state index >= 15 is 14.4 Å². The highest BCUT2D eigenvalue weighted by Crippen LogP contribution is 2.44. The second-order valence-electron chi connectivity index (χ2n) is 26.3. The molecular weight excluding hydrogens is 1340 g/mol. The average Bonchev–Trinajstić information content (AvgIpc) is 1.60. The molecule has 0 N–H and O–H groups in total. The summed E-state index contributed by atoms with van der Waals surface area (Å²) in [7, 11) is 0. The van der Waals surface area contributed by atoms with Gasteiger partial charge in [0.05, 0.1) is 52.4 Å². The Labute approximate surface area is 617 Å². The highest BCUT2D eigenvalue weighted by molar-refractivity contribution is 6.15. The number of carbonyl (C=O) groups excluding carboxylic acids is 3. The average molecular weight is 1400 g/mol. The van der Waals surface area contributed by atoms with E-state index in [-0.39, 0.29) is 33.9 Å². The number of hydrogen-bond acceptors (Lipinski definition) is 12. The number of hydrogen-bond donors (Lipinski definition) is 0. The van der Waals surface area contributed by atoms with Crippen LogP contribution >= 0.6 is 0 Å². The molecule has 0 unspecified atom stereocenters. The number of carbonyl (C=O) groups is 3. The molecule has 0 aliphatic carbocycles. The lowest BCUT2D eigenvalue weighted by Gasteiger charge is -2.15. The first-order chi connectivity index (χ1) is 53.2. The second kappa shape index (κ2) is 27.1. The smallest absolute Gasteiger partial charge is 0.343 e. The zero-order valence-corrected chi connectivity index (χ0v) is 57.4. The third-order valence-electron chi connectivity index (χ3n) is 19.7. The van der Waals surface area contributed by atoms with Gasteiger partial charge in [-0.15, -0.1) is 0 Å². The van der Waals surface area contributed by atoms with E-state index in [4.69, 9.17) is 42.4 Å². The maximum absolute atomic E-state index is 15.3. The number of aromatic nitrogens is 3. The Kier molecular flexibility index (Phi) is 16.0. The first kappa shape index (κ1) is 64.0. The van der Waals surface area contributed by atoms with Gasteiger partial charge in [-0.05, 0) is 141 Å². The molecule has 0 aliphatic heterocycles. The van der Waals surface area contributed by atoms with Gasteiger partial charge in [0.25, 0.3) is 0 Å². The van der Waals surface area contributed by atoms with Gasteiger partial charge in [0, 0.05) is 65.7 Å². The fraction of sp³-hybridized carbons (Fsp3) is 0. The SMILES string of the molecule is O=C(Oc1cnc(-c2cccc(-c3cccc4oc5ccccc5c34)c2)cc1-c1ccccc1)c1cc(C(=O)Oc2cnc(-c3cccc(-c4cccc5oc6ccccc6c45)c3)cc2-c2ccccc2)cc(C(=O)Oc2cnc(-c3cccc(-c4cccc5oc6ccccc6c45)c3)cc2-c2ccccc2)c1. The van der Waals surface area contributed by atoms with Crippen molar-refractivity contribution in [2.45, 2.75) is 0 Å². The van der Waals surface area contributed by atoms with E-state index in [0.29, 0.717) is 33.8 Å². The Morgan fingerprint density at radius 1 is 0.222 bits per heavy atom. The van der Waals surface area contributed by atoms with Gasteiger partial charge in [0.2, 0.25) is 0 Å². The van der Waals surface area contributed by atoms with Crippen molar-refractivity contribution < 1.29 is 41.8 Å². The van der Waals surface area contributed by atoms with Gasteiger partial charge in [-0.1, -0.05) is 237 Å². The van der Waals surface area contributed by atoms with Crippen LogP contribution in [0.3, 0.4) is 0 Å². The summed E-state index contributed by atoms with van der Waals surface area (Å²) in [4.78, 5) is 60.6. The maximum atomic E-state index is 15.3. The number of benzene rings is 13. The molecule has 6 heterocycles. The molecule has 0 saturated heterocycles. The Balaban J connectivity index is 0.686. The number of furan rings is 3. The van der Waals surface area contributed by atoms with E-state index in [9.17, 15) is 0 Å². The van der Waals surface area contributed by atoms with Crippen LogP contribution in [0.1, 0.15) is 31.1 Å². The molecule has 13 aromatic carbocycles. The molecule has 19 aromatic rings. The molecule has 510 valence electrons. The van der Waals surface area contributed by atoms with Crippen LogP contribution in [0.2, 0.25) is 0 Å². The van der Waals surface area contributed by atoms with Gasteiger partial charge in [0.15, 0.2) is 17.2 Å². The lowest BCUT2D eigenvalue weighted by Crippen LogP contribution is -2.17. The van der Waals surface area contributed by atoms with Crippen LogP contribution in [0.5, 0.6) is 17.2 Å². The zero-order chi connectivity index (χ0) is 72.2. The van der Waals surface area contributed by atoms with E-state index in [1.54, 1.807) is 0 Å². The van der Waals surface area contributed by atoms with Crippen LogP contribution in [0.15, 0.2) is 359 Å². The Morgan fingerprint density at radius 2 is 0.472 bits per heavy atom. The van der Waals surface area contributed by atoms with Gasteiger partial charge in [0.1, 0.15) is 33.5 Å². The molecule has 0 atom stereocenters. The summed E-state index contributed by atoms with van der Waals surface area (Å²) >= 11 is 0. The zero-order valence-electron chi connectivity index (χ0n) is 57.4. The van der Waals surface area contributed by atoms with Crippen molar-refractivity contribution >= 4 is 83.7 Å². The lowest BCUT2D eigenvalue weighted by atomic mass is 9.96. The molecule has 0 bridgehead atoms. The first-order valence-electron chi connectivity index (χ1n) is 35.2. The van der Waals surface area contributed by atoms with E-state index in [0.717, 1.165) is 133 Å². The Bertz CT molecular complexity index is 6140. The topological polar surface area (TPSA) is 157 Å². The quantitative estimate of drug-likeness (QED) is 0.0896. The summed E-state index contributed by atoms with van der Waals surface area (Å²) in [5, 5.41) is 6.05. The molecule has 0 radical (unpaired) electrons. The summed E-state index contributed by atoms with van der Waals surface area (Å²) in [5.74, 6) is -2.36. The molecule has 0 fully saturated rings.